The van der Waals surface area contributed by atoms with Crippen molar-refractivity contribution in [3.05, 3.63) is 87.9 Å². The molecule has 4 heterocycles. The molecule has 2 aromatic carbocycles. The van der Waals surface area contributed by atoms with Crippen molar-refractivity contribution in [1.82, 2.24) is 25.5 Å². The van der Waals surface area contributed by atoms with Crippen LogP contribution in [0.3, 0.4) is 0 Å². The number of aromatic nitrogens is 2. The lowest BCUT2D eigenvalue weighted by Crippen LogP contribution is -2.35. The molecule has 12 heteroatoms. The number of carbonyl (C=O) groups is 1. The van der Waals surface area contributed by atoms with Crippen molar-refractivity contribution in [3.8, 4) is 28.1 Å². The minimum absolute atomic E-state index is 0.0625. The van der Waals surface area contributed by atoms with Gasteiger partial charge in [0.2, 0.25) is 5.91 Å². The van der Waals surface area contributed by atoms with Crippen molar-refractivity contribution in [1.29, 1.82) is 0 Å². The van der Waals surface area contributed by atoms with E-state index >= 15 is 4.39 Å². The second kappa shape index (κ2) is 14.3. The van der Waals surface area contributed by atoms with Gasteiger partial charge in [-0.25, -0.2) is 9.37 Å². The van der Waals surface area contributed by atoms with Gasteiger partial charge in [0.15, 0.2) is 11.6 Å². The zero-order valence-corrected chi connectivity index (χ0v) is 26.8. The number of rotatable bonds is 11. The number of pyridine rings is 2. The molecule has 0 saturated carbocycles. The zero-order chi connectivity index (χ0) is 32.2. The standard InChI is InChI=1S/C34H35Cl2FN6O3/c1-46-28-15-20(5-6-21(28)16-38-17-23-7-8-29(45)41-23)33-31(36)26(10-13-39-33)25-3-2-4-27(30(25)35)42-34-32(37)22(9-12-40-34)18-43-14-11-24(44)19-43/h2-6,9-10,12-13,15,23-24,38,44H,7-8,11,14,16-19H2,1H3,(H,40,42)(H,41,45)/t23-,24+/m1/s1. The van der Waals surface area contributed by atoms with Crippen LogP contribution >= 0.6 is 23.2 Å². The van der Waals surface area contributed by atoms with Gasteiger partial charge in [0.25, 0.3) is 0 Å². The maximum atomic E-state index is 15.5. The SMILES string of the molecule is COc1cc(-c2nccc(-c3cccc(Nc4nccc(CN5CC[C@H](O)C5)c4F)c3Cl)c2Cl)ccc1CNC[C@H]1CCC(=O)N1. The number of β-amino-alcohol motifs (C(OH)–C–C–N with tert-alkyl or cyclic N) is 1. The predicted molar refractivity (Wildman–Crippen MR) is 178 cm³/mol. The predicted octanol–water partition coefficient (Wildman–Crippen LogP) is 5.94. The van der Waals surface area contributed by atoms with Crippen molar-refractivity contribution < 1.29 is 19.0 Å². The Morgan fingerprint density at radius 2 is 1.89 bits per heavy atom. The van der Waals surface area contributed by atoms with Crippen molar-refractivity contribution in [2.24, 2.45) is 0 Å². The number of anilines is 2. The van der Waals surface area contributed by atoms with Gasteiger partial charge >= 0.3 is 0 Å². The van der Waals surface area contributed by atoms with Crippen LogP contribution in [0.5, 0.6) is 5.75 Å². The normalized spacial score (nSPS) is 18.2. The molecule has 2 aromatic heterocycles. The number of methoxy groups -OCH3 is 1. The number of carbonyl (C=O) groups excluding carboxylic acids is 1. The van der Waals surface area contributed by atoms with E-state index in [4.69, 9.17) is 27.9 Å². The summed E-state index contributed by atoms with van der Waals surface area (Å²) < 4.78 is 21.2. The monoisotopic (exact) mass is 664 g/mol. The highest BCUT2D eigenvalue weighted by Gasteiger charge is 2.23. The molecule has 240 valence electrons. The van der Waals surface area contributed by atoms with E-state index < -0.39 is 5.82 Å². The second-order valence-corrected chi connectivity index (χ2v) is 12.3. The molecule has 0 aliphatic carbocycles. The summed E-state index contributed by atoms with van der Waals surface area (Å²) in [6.07, 6.45) is 4.93. The minimum atomic E-state index is -0.465. The summed E-state index contributed by atoms with van der Waals surface area (Å²) in [6, 6.07) is 14.8. The Balaban J connectivity index is 1.21. The number of likely N-dealkylation sites (tertiary alicyclic amines) is 1. The number of aliphatic hydroxyl groups excluding tert-OH is 1. The molecule has 2 aliphatic heterocycles. The Hall–Kier alpha value is -3.80. The molecule has 6 rings (SSSR count). The number of amides is 1. The number of hydrogen-bond acceptors (Lipinski definition) is 8. The highest BCUT2D eigenvalue weighted by Crippen LogP contribution is 2.42. The topological polar surface area (TPSA) is 112 Å². The van der Waals surface area contributed by atoms with Crippen LogP contribution in [0.1, 0.15) is 30.4 Å². The lowest BCUT2D eigenvalue weighted by molar-refractivity contribution is -0.119. The summed E-state index contributed by atoms with van der Waals surface area (Å²) >= 11 is 13.9. The molecule has 0 unspecified atom stereocenters. The van der Waals surface area contributed by atoms with Gasteiger partial charge in [-0.1, -0.05) is 47.5 Å². The minimum Gasteiger partial charge on any atom is -0.496 e. The quantitative estimate of drug-likeness (QED) is 0.156. The summed E-state index contributed by atoms with van der Waals surface area (Å²) in [5, 5.41) is 20.0. The van der Waals surface area contributed by atoms with E-state index in [-0.39, 0.29) is 23.9 Å². The van der Waals surface area contributed by atoms with Gasteiger partial charge < -0.3 is 25.8 Å². The van der Waals surface area contributed by atoms with E-state index in [9.17, 15) is 9.90 Å². The molecule has 4 N–H and O–H groups in total. The molecular formula is C34H35Cl2FN6O3. The summed E-state index contributed by atoms with van der Waals surface area (Å²) in [6.45, 7) is 2.87. The van der Waals surface area contributed by atoms with E-state index in [1.165, 1.54) is 0 Å². The Morgan fingerprint density at radius 1 is 1.07 bits per heavy atom. The number of aliphatic hydroxyl groups is 1. The molecule has 1 amide bonds. The fourth-order valence-corrected chi connectivity index (χ4v) is 6.55. The second-order valence-electron chi connectivity index (χ2n) is 11.6. The van der Waals surface area contributed by atoms with Crippen LogP contribution in [0.25, 0.3) is 22.4 Å². The molecule has 2 atom stereocenters. The van der Waals surface area contributed by atoms with E-state index in [2.05, 4.69) is 25.9 Å². The fraction of sp³-hybridized carbons (Fsp3) is 0.324. The number of halogens is 3. The van der Waals surface area contributed by atoms with Crippen LogP contribution in [-0.4, -0.2) is 64.8 Å². The lowest BCUT2D eigenvalue weighted by atomic mass is 10.0. The summed E-state index contributed by atoms with van der Waals surface area (Å²) in [7, 11) is 1.62. The Morgan fingerprint density at radius 3 is 2.65 bits per heavy atom. The van der Waals surface area contributed by atoms with Gasteiger partial charge in [-0.2, -0.15) is 0 Å². The molecule has 2 aliphatic rings. The van der Waals surface area contributed by atoms with Crippen LogP contribution in [0.2, 0.25) is 10.0 Å². The lowest BCUT2D eigenvalue weighted by Gasteiger charge is -2.18. The Labute approximate surface area is 277 Å². The van der Waals surface area contributed by atoms with Crippen LogP contribution in [0.4, 0.5) is 15.9 Å². The van der Waals surface area contributed by atoms with Crippen LogP contribution in [-0.2, 0) is 17.9 Å². The first-order chi connectivity index (χ1) is 22.3. The highest BCUT2D eigenvalue weighted by molar-refractivity contribution is 6.39. The van der Waals surface area contributed by atoms with Crippen molar-refractivity contribution in [3.63, 3.8) is 0 Å². The number of hydrogen-bond donors (Lipinski definition) is 4. The number of ether oxygens (including phenoxy) is 1. The van der Waals surface area contributed by atoms with Gasteiger partial charge in [0.1, 0.15) is 5.75 Å². The van der Waals surface area contributed by atoms with E-state index in [1.54, 1.807) is 37.7 Å². The zero-order valence-electron chi connectivity index (χ0n) is 25.3. The van der Waals surface area contributed by atoms with Crippen LogP contribution in [0.15, 0.2) is 60.9 Å². The van der Waals surface area contributed by atoms with Crippen LogP contribution in [0, 0.1) is 5.82 Å². The third-order valence-electron chi connectivity index (χ3n) is 8.39. The third kappa shape index (κ3) is 7.11. The molecular weight excluding hydrogens is 630 g/mol. The van der Waals surface area contributed by atoms with Gasteiger partial charge in [-0.3, -0.25) is 14.7 Å². The summed E-state index contributed by atoms with van der Waals surface area (Å²) in [5.41, 5.74) is 4.58. The molecule has 4 aromatic rings. The molecule has 46 heavy (non-hydrogen) atoms. The first kappa shape index (κ1) is 32.2. The fourth-order valence-electron chi connectivity index (χ4n) is 5.96. The Bertz CT molecular complexity index is 1740. The van der Waals surface area contributed by atoms with E-state index in [1.807, 2.05) is 35.2 Å². The molecule has 2 saturated heterocycles. The van der Waals surface area contributed by atoms with Gasteiger partial charge in [0, 0.05) is 85.4 Å². The van der Waals surface area contributed by atoms with Crippen molar-refractivity contribution in [2.45, 2.75) is 44.5 Å². The van der Waals surface area contributed by atoms with E-state index in [0.717, 1.165) is 17.5 Å². The molecule has 2 fully saturated rings. The molecule has 0 spiro atoms. The van der Waals surface area contributed by atoms with E-state index in [0.29, 0.717) is 89.4 Å². The summed E-state index contributed by atoms with van der Waals surface area (Å²) in [5.74, 6) is 0.377. The van der Waals surface area contributed by atoms with Crippen molar-refractivity contribution >= 4 is 40.6 Å². The van der Waals surface area contributed by atoms with Gasteiger partial charge in [-0.15, -0.1) is 0 Å². The third-order valence-corrected chi connectivity index (χ3v) is 9.18. The number of nitrogens with one attached hydrogen (secondary N) is 3. The molecule has 0 bridgehead atoms. The first-order valence-electron chi connectivity index (χ1n) is 15.2. The summed E-state index contributed by atoms with van der Waals surface area (Å²) in [4.78, 5) is 22.3. The molecule has 9 nitrogen and oxygen atoms in total. The Kier molecular flexibility index (Phi) is 10.0. The van der Waals surface area contributed by atoms with Gasteiger partial charge in [0.05, 0.1) is 34.6 Å². The number of benzene rings is 2. The number of nitrogens with zero attached hydrogens (tertiary/aromatic N) is 3. The smallest absolute Gasteiger partial charge is 0.220 e. The van der Waals surface area contributed by atoms with Gasteiger partial charge in [-0.05, 0) is 37.1 Å². The van der Waals surface area contributed by atoms with Crippen molar-refractivity contribution in [2.75, 3.05) is 32.1 Å². The average Bonchev–Trinajstić information content (AvgIpc) is 3.67. The highest BCUT2D eigenvalue weighted by atomic mass is 35.5. The molecule has 0 radical (unpaired) electrons. The maximum absolute atomic E-state index is 15.5. The maximum Gasteiger partial charge on any atom is 0.220 e. The largest absolute Gasteiger partial charge is 0.496 e. The van der Waals surface area contributed by atoms with Crippen LogP contribution < -0.4 is 20.7 Å². The average molecular weight is 666 g/mol. The first-order valence-corrected chi connectivity index (χ1v) is 16.0.